The third-order valence-corrected chi connectivity index (χ3v) is 3.19. The van der Waals surface area contributed by atoms with Crippen LogP contribution in [-0.4, -0.2) is 9.55 Å². The normalized spacial score (nSPS) is 10.9. The lowest BCUT2D eigenvalue weighted by Crippen LogP contribution is -1.91. The zero-order valence-corrected chi connectivity index (χ0v) is 9.73. The smallest absolute Gasteiger partial charge is 0.142 e. The van der Waals surface area contributed by atoms with Crippen LogP contribution in [0.4, 0.5) is 0 Å². The van der Waals surface area contributed by atoms with Crippen LogP contribution in [0.2, 0.25) is 0 Å². The average molecular weight is 221 g/mol. The Bertz CT molecular complexity index is 775. The third kappa shape index (κ3) is 1.24. The van der Waals surface area contributed by atoms with Crippen molar-refractivity contribution in [3.63, 3.8) is 0 Å². The molecule has 1 aromatic carbocycles. The van der Waals surface area contributed by atoms with Gasteiger partial charge in [-0.15, -0.1) is 0 Å². The molecule has 2 heterocycles. The molecule has 3 aromatic rings. The standard InChI is InChI=1S/C14H11N3/c1-9-14-11-5-3-4-6-12(11)17(2)13(14)7-10(8-15)16-9/h3-7H,1-2H3. The zero-order valence-electron chi connectivity index (χ0n) is 9.73. The fourth-order valence-electron chi connectivity index (χ4n) is 2.42. The minimum absolute atomic E-state index is 0.473. The van der Waals surface area contributed by atoms with Crippen LogP contribution in [0.15, 0.2) is 30.3 Å². The Labute approximate surface area is 98.9 Å². The molecule has 3 nitrogen and oxygen atoms in total. The van der Waals surface area contributed by atoms with Gasteiger partial charge in [0.25, 0.3) is 0 Å². The molecule has 0 spiro atoms. The van der Waals surface area contributed by atoms with Crippen LogP contribution in [0.25, 0.3) is 21.8 Å². The van der Waals surface area contributed by atoms with Crippen molar-refractivity contribution in [2.75, 3.05) is 0 Å². The average Bonchev–Trinajstić information content (AvgIpc) is 2.64. The van der Waals surface area contributed by atoms with Crippen molar-refractivity contribution in [3.8, 4) is 6.07 Å². The number of aromatic nitrogens is 2. The van der Waals surface area contributed by atoms with Crippen LogP contribution in [0.3, 0.4) is 0 Å². The Kier molecular flexibility index (Phi) is 1.93. The van der Waals surface area contributed by atoms with Crippen LogP contribution in [0.1, 0.15) is 11.4 Å². The van der Waals surface area contributed by atoms with Crippen molar-refractivity contribution >= 4 is 21.8 Å². The van der Waals surface area contributed by atoms with Gasteiger partial charge in [-0.3, -0.25) is 0 Å². The molecule has 0 aliphatic rings. The van der Waals surface area contributed by atoms with E-state index in [9.17, 15) is 0 Å². The van der Waals surface area contributed by atoms with Gasteiger partial charge in [-0.2, -0.15) is 5.26 Å². The quantitative estimate of drug-likeness (QED) is 0.585. The minimum atomic E-state index is 0.473. The largest absolute Gasteiger partial charge is 0.343 e. The number of benzene rings is 1. The summed E-state index contributed by atoms with van der Waals surface area (Å²) in [6.07, 6.45) is 0. The van der Waals surface area contributed by atoms with Crippen LogP contribution < -0.4 is 0 Å². The third-order valence-electron chi connectivity index (χ3n) is 3.19. The first-order chi connectivity index (χ1) is 8.22. The number of pyridine rings is 1. The van der Waals surface area contributed by atoms with Gasteiger partial charge in [0.05, 0.1) is 5.52 Å². The number of rotatable bonds is 0. The highest BCUT2D eigenvalue weighted by Gasteiger charge is 2.11. The van der Waals surface area contributed by atoms with E-state index >= 15 is 0 Å². The van der Waals surface area contributed by atoms with Crippen LogP contribution in [-0.2, 0) is 7.05 Å². The lowest BCUT2D eigenvalue weighted by molar-refractivity contribution is 1.01. The summed E-state index contributed by atoms with van der Waals surface area (Å²) >= 11 is 0. The van der Waals surface area contributed by atoms with Gasteiger partial charge in [-0.05, 0) is 19.1 Å². The first-order valence-electron chi connectivity index (χ1n) is 5.47. The van der Waals surface area contributed by atoms with Crippen molar-refractivity contribution in [2.24, 2.45) is 7.05 Å². The van der Waals surface area contributed by atoms with Crippen molar-refractivity contribution in [1.82, 2.24) is 9.55 Å². The summed E-state index contributed by atoms with van der Waals surface area (Å²) in [5.74, 6) is 0. The molecule has 0 aliphatic heterocycles. The summed E-state index contributed by atoms with van der Waals surface area (Å²) < 4.78 is 2.11. The molecule has 0 amide bonds. The topological polar surface area (TPSA) is 41.6 Å². The molecule has 0 radical (unpaired) electrons. The van der Waals surface area contributed by atoms with Crippen LogP contribution in [0.5, 0.6) is 0 Å². The van der Waals surface area contributed by atoms with Crippen molar-refractivity contribution in [2.45, 2.75) is 6.92 Å². The van der Waals surface area contributed by atoms with E-state index in [4.69, 9.17) is 5.26 Å². The summed E-state index contributed by atoms with van der Waals surface area (Å²) in [7, 11) is 2.02. The van der Waals surface area contributed by atoms with E-state index in [-0.39, 0.29) is 0 Å². The van der Waals surface area contributed by atoms with Crippen molar-refractivity contribution in [3.05, 3.63) is 41.7 Å². The van der Waals surface area contributed by atoms with E-state index in [1.165, 1.54) is 10.9 Å². The highest BCUT2D eigenvalue weighted by atomic mass is 14.9. The van der Waals surface area contributed by atoms with Gasteiger partial charge >= 0.3 is 0 Å². The van der Waals surface area contributed by atoms with E-state index in [1.807, 2.05) is 32.2 Å². The molecule has 0 fully saturated rings. The van der Waals surface area contributed by atoms with E-state index in [0.29, 0.717) is 5.69 Å². The second kappa shape index (κ2) is 3.33. The molecule has 0 bridgehead atoms. The van der Waals surface area contributed by atoms with Gasteiger partial charge < -0.3 is 4.57 Å². The van der Waals surface area contributed by atoms with Gasteiger partial charge in [-0.25, -0.2) is 4.98 Å². The predicted molar refractivity (Wildman–Crippen MR) is 67.7 cm³/mol. The summed E-state index contributed by atoms with van der Waals surface area (Å²) in [4.78, 5) is 4.31. The summed E-state index contributed by atoms with van der Waals surface area (Å²) in [6.45, 7) is 1.95. The maximum atomic E-state index is 8.97. The second-order valence-corrected chi connectivity index (χ2v) is 4.18. The number of hydrogen-bond acceptors (Lipinski definition) is 2. The number of aryl methyl sites for hydroxylation is 2. The van der Waals surface area contributed by atoms with E-state index < -0.39 is 0 Å². The SMILES string of the molecule is Cc1nc(C#N)cc2c1c1ccccc1n2C. The maximum Gasteiger partial charge on any atom is 0.142 e. The highest BCUT2D eigenvalue weighted by molar-refractivity contribution is 6.09. The molecule has 0 saturated carbocycles. The summed E-state index contributed by atoms with van der Waals surface area (Å²) in [5, 5.41) is 11.3. The molecule has 0 saturated heterocycles. The van der Waals surface area contributed by atoms with Crippen molar-refractivity contribution < 1.29 is 0 Å². The molecule has 0 N–H and O–H groups in total. The molecule has 3 heteroatoms. The number of fused-ring (bicyclic) bond motifs is 3. The number of nitrogens with zero attached hydrogens (tertiary/aromatic N) is 3. The Balaban J connectivity index is 2.63. The van der Waals surface area contributed by atoms with Gasteiger partial charge in [0.2, 0.25) is 0 Å². The second-order valence-electron chi connectivity index (χ2n) is 4.18. The molecule has 0 unspecified atom stereocenters. The summed E-state index contributed by atoms with van der Waals surface area (Å²) in [5.41, 5.74) is 3.62. The lowest BCUT2D eigenvalue weighted by atomic mass is 10.1. The van der Waals surface area contributed by atoms with E-state index in [0.717, 1.165) is 16.6 Å². The minimum Gasteiger partial charge on any atom is -0.343 e. The monoisotopic (exact) mass is 221 g/mol. The molecular formula is C14H11N3. The molecular weight excluding hydrogens is 210 g/mol. The van der Waals surface area contributed by atoms with Gasteiger partial charge in [0, 0.05) is 29.0 Å². The molecule has 82 valence electrons. The fraction of sp³-hybridized carbons (Fsp3) is 0.143. The Morgan fingerprint density at radius 2 is 2.00 bits per heavy atom. The molecule has 17 heavy (non-hydrogen) atoms. The molecule has 0 aliphatic carbocycles. The first kappa shape index (κ1) is 9.86. The van der Waals surface area contributed by atoms with Crippen LogP contribution >= 0.6 is 0 Å². The van der Waals surface area contributed by atoms with Crippen LogP contribution in [0, 0.1) is 18.3 Å². The Hall–Kier alpha value is -2.34. The maximum absolute atomic E-state index is 8.97. The predicted octanol–water partition coefficient (Wildman–Crippen LogP) is 2.91. The molecule has 2 aromatic heterocycles. The van der Waals surface area contributed by atoms with Gasteiger partial charge in [0.1, 0.15) is 11.8 Å². The first-order valence-corrected chi connectivity index (χ1v) is 5.47. The van der Waals surface area contributed by atoms with Gasteiger partial charge in [0.15, 0.2) is 0 Å². The number of para-hydroxylation sites is 1. The van der Waals surface area contributed by atoms with E-state index in [2.05, 4.69) is 27.8 Å². The summed E-state index contributed by atoms with van der Waals surface area (Å²) in [6, 6.07) is 12.2. The number of nitriles is 1. The van der Waals surface area contributed by atoms with E-state index in [1.54, 1.807) is 0 Å². The number of hydrogen-bond donors (Lipinski definition) is 0. The zero-order chi connectivity index (χ0) is 12.0. The van der Waals surface area contributed by atoms with Gasteiger partial charge in [-0.1, -0.05) is 18.2 Å². The highest BCUT2D eigenvalue weighted by Crippen LogP contribution is 2.29. The Morgan fingerprint density at radius 3 is 2.76 bits per heavy atom. The Morgan fingerprint density at radius 1 is 1.24 bits per heavy atom. The van der Waals surface area contributed by atoms with Crippen molar-refractivity contribution in [1.29, 1.82) is 5.26 Å². The lowest BCUT2D eigenvalue weighted by Gasteiger charge is -1.99. The molecule has 3 rings (SSSR count). The molecule has 0 atom stereocenters. The fourth-order valence-corrected chi connectivity index (χ4v) is 2.42.